The van der Waals surface area contributed by atoms with Gasteiger partial charge in [-0.3, -0.25) is 0 Å². The first-order chi connectivity index (χ1) is 6.40. The molecule has 1 nitrogen and oxygen atoms in total. The highest BCUT2D eigenvalue weighted by Gasteiger charge is 2.06. The van der Waals surface area contributed by atoms with Crippen LogP contribution >= 0.6 is 0 Å². The molecule has 0 unspecified atom stereocenters. The zero-order valence-corrected chi connectivity index (χ0v) is 8.27. The van der Waals surface area contributed by atoms with Crippen LogP contribution < -0.4 is 5.32 Å². The van der Waals surface area contributed by atoms with Crippen molar-refractivity contribution in [3.05, 3.63) is 29.3 Å². The van der Waals surface area contributed by atoms with Crippen molar-refractivity contribution in [3.63, 3.8) is 0 Å². The number of benzene rings is 1. The molecular weight excluding hydrogens is 158 g/mol. The van der Waals surface area contributed by atoms with Crippen molar-refractivity contribution in [2.75, 3.05) is 11.9 Å². The van der Waals surface area contributed by atoms with Crippen molar-refractivity contribution in [1.82, 2.24) is 0 Å². The van der Waals surface area contributed by atoms with E-state index in [0.717, 1.165) is 13.0 Å². The minimum atomic E-state index is 1.14. The Labute approximate surface area is 80.2 Å². The molecule has 1 aliphatic heterocycles. The topological polar surface area (TPSA) is 12.0 Å². The van der Waals surface area contributed by atoms with E-state index >= 15 is 0 Å². The lowest BCUT2D eigenvalue weighted by atomic mass is 10.0. The Morgan fingerprint density at radius 3 is 3.08 bits per heavy atom. The van der Waals surface area contributed by atoms with E-state index in [1.165, 1.54) is 36.1 Å². The average Bonchev–Trinajstić information content (AvgIpc) is 2.41. The van der Waals surface area contributed by atoms with E-state index in [1.54, 1.807) is 0 Å². The van der Waals surface area contributed by atoms with Crippen molar-refractivity contribution >= 4 is 5.69 Å². The van der Waals surface area contributed by atoms with E-state index in [9.17, 15) is 0 Å². The maximum Gasteiger partial charge on any atom is 0.0372 e. The maximum atomic E-state index is 3.48. The summed E-state index contributed by atoms with van der Waals surface area (Å²) in [5.74, 6) is 0. The third kappa shape index (κ3) is 1.85. The van der Waals surface area contributed by atoms with Crippen LogP contribution in [0.3, 0.4) is 0 Å². The molecule has 70 valence electrons. The molecular formula is C12H17N. The van der Waals surface area contributed by atoms with Gasteiger partial charge in [-0.05, 0) is 42.9 Å². The molecule has 1 aromatic rings. The first kappa shape index (κ1) is 8.61. The summed E-state index contributed by atoms with van der Waals surface area (Å²) in [5.41, 5.74) is 4.33. The second kappa shape index (κ2) is 3.82. The Kier molecular flexibility index (Phi) is 2.53. The van der Waals surface area contributed by atoms with Crippen LogP contribution in [0.2, 0.25) is 0 Å². The van der Waals surface area contributed by atoms with Gasteiger partial charge >= 0.3 is 0 Å². The lowest BCUT2D eigenvalue weighted by molar-refractivity contribution is 0.785. The summed E-state index contributed by atoms with van der Waals surface area (Å²) in [4.78, 5) is 0. The monoisotopic (exact) mass is 175 g/mol. The number of hydrogen-bond acceptors (Lipinski definition) is 1. The van der Waals surface area contributed by atoms with Gasteiger partial charge in [0.15, 0.2) is 0 Å². The van der Waals surface area contributed by atoms with Gasteiger partial charge in [-0.2, -0.15) is 0 Å². The first-order valence-electron chi connectivity index (χ1n) is 5.26. The average molecular weight is 175 g/mol. The molecule has 0 fully saturated rings. The van der Waals surface area contributed by atoms with Gasteiger partial charge in [0.05, 0.1) is 0 Å². The Hall–Kier alpha value is -0.980. The summed E-state index contributed by atoms with van der Waals surface area (Å²) >= 11 is 0. The molecule has 0 atom stereocenters. The van der Waals surface area contributed by atoms with Crippen molar-refractivity contribution in [3.8, 4) is 0 Å². The molecule has 0 saturated heterocycles. The number of nitrogens with one attached hydrogen (secondary N) is 1. The lowest BCUT2D eigenvalue weighted by Crippen LogP contribution is -1.99. The van der Waals surface area contributed by atoms with Gasteiger partial charge in [-0.1, -0.05) is 19.1 Å². The minimum Gasteiger partial charge on any atom is -0.385 e. The molecule has 1 N–H and O–H groups in total. The minimum absolute atomic E-state index is 1.14. The molecule has 0 bridgehead atoms. The largest absolute Gasteiger partial charge is 0.385 e. The van der Waals surface area contributed by atoms with Gasteiger partial charge < -0.3 is 5.32 Å². The summed E-state index contributed by atoms with van der Waals surface area (Å²) in [6.45, 7) is 3.35. The quantitative estimate of drug-likeness (QED) is 0.692. The molecule has 1 aromatic carbocycles. The standard InChI is InChI=1S/C12H17N/c1-2-10-6-7-12-11(9-10)5-3-4-8-13-12/h6-7,9,13H,2-5,8H2,1H3. The fourth-order valence-electron chi connectivity index (χ4n) is 1.91. The van der Waals surface area contributed by atoms with E-state index in [2.05, 4.69) is 30.4 Å². The van der Waals surface area contributed by atoms with Crippen LogP contribution in [0.5, 0.6) is 0 Å². The number of anilines is 1. The summed E-state index contributed by atoms with van der Waals surface area (Å²) in [6, 6.07) is 6.82. The van der Waals surface area contributed by atoms with Gasteiger partial charge in [0.25, 0.3) is 0 Å². The fraction of sp³-hybridized carbons (Fsp3) is 0.500. The van der Waals surface area contributed by atoms with Gasteiger partial charge in [0.1, 0.15) is 0 Å². The molecule has 0 aromatic heterocycles. The number of fused-ring (bicyclic) bond motifs is 1. The first-order valence-corrected chi connectivity index (χ1v) is 5.26. The van der Waals surface area contributed by atoms with Crippen molar-refractivity contribution in [1.29, 1.82) is 0 Å². The van der Waals surface area contributed by atoms with Crippen LogP contribution in [0.15, 0.2) is 18.2 Å². The van der Waals surface area contributed by atoms with Crippen LogP contribution in [-0.2, 0) is 12.8 Å². The Bertz CT molecular complexity index is 291. The van der Waals surface area contributed by atoms with E-state index in [0.29, 0.717) is 0 Å². The third-order valence-corrected chi connectivity index (χ3v) is 2.77. The normalized spacial score (nSPS) is 15.8. The third-order valence-electron chi connectivity index (χ3n) is 2.77. The summed E-state index contributed by atoms with van der Waals surface area (Å²) in [7, 11) is 0. The molecule has 2 rings (SSSR count). The van der Waals surface area contributed by atoms with Crippen molar-refractivity contribution in [2.45, 2.75) is 32.6 Å². The van der Waals surface area contributed by atoms with Crippen LogP contribution in [-0.4, -0.2) is 6.54 Å². The molecule has 0 amide bonds. The van der Waals surface area contributed by atoms with Crippen LogP contribution in [0.25, 0.3) is 0 Å². The number of aryl methyl sites for hydroxylation is 2. The Balaban J connectivity index is 2.32. The Morgan fingerprint density at radius 2 is 2.23 bits per heavy atom. The van der Waals surface area contributed by atoms with Crippen LogP contribution in [0, 0.1) is 0 Å². The van der Waals surface area contributed by atoms with E-state index in [1.807, 2.05) is 0 Å². The van der Waals surface area contributed by atoms with Crippen LogP contribution in [0.4, 0.5) is 5.69 Å². The maximum absolute atomic E-state index is 3.48. The van der Waals surface area contributed by atoms with Gasteiger partial charge in [0, 0.05) is 12.2 Å². The zero-order chi connectivity index (χ0) is 9.10. The van der Waals surface area contributed by atoms with Crippen molar-refractivity contribution in [2.24, 2.45) is 0 Å². The highest BCUT2D eigenvalue weighted by Crippen LogP contribution is 2.22. The molecule has 1 heterocycles. The van der Waals surface area contributed by atoms with Gasteiger partial charge in [-0.15, -0.1) is 0 Å². The second-order valence-electron chi connectivity index (χ2n) is 3.73. The second-order valence-corrected chi connectivity index (χ2v) is 3.73. The summed E-state index contributed by atoms with van der Waals surface area (Å²) in [6.07, 6.45) is 5.02. The SMILES string of the molecule is CCc1ccc2c(c1)CCCCN2. The Morgan fingerprint density at radius 1 is 1.31 bits per heavy atom. The number of rotatable bonds is 1. The van der Waals surface area contributed by atoms with E-state index in [4.69, 9.17) is 0 Å². The predicted octanol–water partition coefficient (Wildman–Crippen LogP) is 3.00. The smallest absolute Gasteiger partial charge is 0.0372 e. The highest BCUT2D eigenvalue weighted by molar-refractivity contribution is 5.53. The lowest BCUT2D eigenvalue weighted by Gasteiger charge is -2.08. The van der Waals surface area contributed by atoms with Crippen LogP contribution in [0.1, 0.15) is 30.9 Å². The fourth-order valence-corrected chi connectivity index (χ4v) is 1.91. The molecule has 1 aliphatic rings. The van der Waals surface area contributed by atoms with Gasteiger partial charge in [-0.25, -0.2) is 0 Å². The number of hydrogen-bond donors (Lipinski definition) is 1. The molecule has 0 aliphatic carbocycles. The van der Waals surface area contributed by atoms with E-state index in [-0.39, 0.29) is 0 Å². The zero-order valence-electron chi connectivity index (χ0n) is 8.27. The molecule has 0 radical (unpaired) electrons. The molecule has 0 saturated carbocycles. The highest BCUT2D eigenvalue weighted by atomic mass is 14.9. The summed E-state index contributed by atoms with van der Waals surface area (Å²) in [5, 5.41) is 3.48. The van der Waals surface area contributed by atoms with Crippen molar-refractivity contribution < 1.29 is 0 Å². The molecule has 0 spiro atoms. The summed E-state index contributed by atoms with van der Waals surface area (Å²) < 4.78 is 0. The van der Waals surface area contributed by atoms with E-state index < -0.39 is 0 Å². The molecule has 1 heteroatoms. The predicted molar refractivity (Wildman–Crippen MR) is 57.2 cm³/mol. The van der Waals surface area contributed by atoms with Gasteiger partial charge in [0.2, 0.25) is 0 Å². The molecule has 13 heavy (non-hydrogen) atoms.